The van der Waals surface area contributed by atoms with Crippen LogP contribution in [0.5, 0.6) is 0 Å². The molecule has 0 aliphatic carbocycles. The lowest BCUT2D eigenvalue weighted by Crippen LogP contribution is -4.23. The summed E-state index contributed by atoms with van der Waals surface area (Å²) < 4.78 is 31.3. The summed E-state index contributed by atoms with van der Waals surface area (Å²) in [4.78, 5) is 0. The fourth-order valence-electron chi connectivity index (χ4n) is 0. The highest BCUT2D eigenvalue weighted by molar-refractivity contribution is 7.09. The van der Waals surface area contributed by atoms with Gasteiger partial charge in [-0.25, -0.2) is 0 Å². The third-order valence-corrected chi connectivity index (χ3v) is 2.20. The smallest absolute Gasteiger partial charge is 0.255 e. The van der Waals surface area contributed by atoms with Crippen LogP contribution in [0.3, 0.4) is 0 Å². The minimum atomic E-state index is -5.27. The van der Waals surface area contributed by atoms with Crippen LogP contribution in [0.25, 0.3) is 0 Å². The molecule has 0 rings (SSSR count). The van der Waals surface area contributed by atoms with E-state index in [1.54, 1.807) is 0 Å². The average molecular weight is 224 g/mol. The molecule has 0 fully saturated rings. The zero-order valence-electron chi connectivity index (χ0n) is 2.59. The lowest BCUT2D eigenvalue weighted by molar-refractivity contribution is -1.91. The second-order valence-corrected chi connectivity index (χ2v) is 4.33. The fraction of sp³-hybridized carbons (Fsp3) is 0. The highest BCUT2D eigenvalue weighted by Crippen LogP contribution is 1.59. The Hall–Kier alpha value is 1.000. The molecule has 4 nitrogen and oxygen atoms in total. The highest BCUT2D eigenvalue weighted by Gasteiger charge is 2.20. The Morgan fingerprint density at radius 1 is 1.33 bits per heavy atom. The van der Waals surface area contributed by atoms with Gasteiger partial charge in [-0.05, 0) is 0 Å². The van der Waals surface area contributed by atoms with Crippen LogP contribution in [-0.2, 0) is 2.85 Å². The number of rotatable bonds is 1. The highest BCUT2D eigenvalue weighted by atomic mass is 127. The van der Waals surface area contributed by atoms with Crippen LogP contribution in [0, 0.1) is 0 Å². The molecule has 0 aromatic heterocycles. The van der Waals surface area contributed by atoms with Crippen molar-refractivity contribution in [1.29, 1.82) is 0 Å². The number of halogens is 1. The van der Waals surface area contributed by atoms with E-state index in [1.165, 1.54) is 9.47 Å². The summed E-state index contributed by atoms with van der Waals surface area (Å²) in [7, 11) is 1.37. The van der Waals surface area contributed by atoms with Crippen LogP contribution in [-0.4, -0.2) is 0 Å². The van der Waals surface area contributed by atoms with E-state index in [2.05, 4.69) is 2.85 Å². The Labute approximate surface area is 43.1 Å². The van der Waals surface area contributed by atoms with Gasteiger partial charge in [0.25, 0.3) is 0 Å². The van der Waals surface area contributed by atoms with E-state index < -0.39 is 20.1 Å². The molecule has 0 saturated carbocycles. The summed E-state index contributed by atoms with van der Waals surface area (Å²) in [6.45, 7) is 0. The topological polar surface area (TPSA) is 78.4 Å². The Kier molecular flexibility index (Phi) is 2.73. The molecule has 0 spiro atoms. The molecule has 6 heteroatoms. The van der Waals surface area contributed by atoms with Crippen molar-refractivity contribution in [2.45, 2.75) is 0 Å². The third kappa shape index (κ3) is 5.00. The molecule has 0 aliphatic heterocycles. The van der Waals surface area contributed by atoms with Crippen molar-refractivity contribution in [1.82, 2.24) is 0 Å². The molecule has 1 unspecified atom stereocenters. The van der Waals surface area contributed by atoms with Crippen LogP contribution >= 0.6 is 9.47 Å². The maximum Gasteiger partial charge on any atom is 0.375 e. The van der Waals surface area contributed by atoms with Crippen molar-refractivity contribution in [2.24, 2.45) is 0 Å². The summed E-state index contributed by atoms with van der Waals surface area (Å²) >= 11 is -5.27. The largest absolute Gasteiger partial charge is 0.375 e. The predicted octanol–water partition coefficient (Wildman–Crippen LogP) is -6.31. The van der Waals surface area contributed by atoms with E-state index in [0.29, 0.717) is 0 Å². The standard InChI is InChI=1S/H2IO4P/c2-1(3,4)5-6/h6H2. The Morgan fingerprint density at radius 3 is 1.50 bits per heavy atom. The molecule has 0 saturated heterocycles. The predicted molar refractivity (Wildman–Crippen MR) is 10.8 cm³/mol. The second-order valence-electron chi connectivity index (χ2n) is 0.467. The molecule has 0 N–H and O–H groups in total. The quantitative estimate of drug-likeness (QED) is 0.327. The van der Waals surface area contributed by atoms with Gasteiger partial charge in [0.05, 0.1) is 0 Å². The van der Waals surface area contributed by atoms with Gasteiger partial charge in [-0.1, -0.05) is 0 Å². The maximum atomic E-state index is 9.30. The fourth-order valence-corrected chi connectivity index (χ4v) is 0. The number of hydrogen-bond donors (Lipinski definition) is 0. The van der Waals surface area contributed by atoms with Gasteiger partial charge in [0.2, 0.25) is 0 Å². The monoisotopic (exact) mass is 224 g/mol. The van der Waals surface area contributed by atoms with Gasteiger partial charge in [0.15, 0.2) is 9.47 Å². The second kappa shape index (κ2) is 2.34. The molecule has 0 radical (unpaired) electrons. The van der Waals surface area contributed by atoms with Gasteiger partial charge >= 0.3 is 20.1 Å². The van der Waals surface area contributed by atoms with Crippen molar-refractivity contribution < 1.29 is 33.3 Å². The van der Waals surface area contributed by atoms with Crippen molar-refractivity contribution in [3.05, 3.63) is 0 Å². The average Bonchev–Trinajstić information content (AvgIpc) is 1.35. The molecule has 0 aromatic carbocycles. The van der Waals surface area contributed by atoms with Crippen molar-refractivity contribution >= 4 is 9.47 Å². The van der Waals surface area contributed by atoms with Crippen LogP contribution in [0.2, 0.25) is 0 Å². The van der Waals surface area contributed by atoms with Crippen LogP contribution in [0.1, 0.15) is 0 Å². The third-order valence-electron chi connectivity index (χ3n) is 0.109. The van der Waals surface area contributed by atoms with Gasteiger partial charge in [-0.2, -0.15) is 0 Å². The molecule has 0 heterocycles. The molecule has 0 bridgehead atoms. The maximum absolute atomic E-state index is 9.30. The van der Waals surface area contributed by atoms with E-state index in [0.717, 1.165) is 0 Å². The van der Waals surface area contributed by atoms with Crippen molar-refractivity contribution in [2.75, 3.05) is 0 Å². The Balaban J connectivity index is 3.17. The molecule has 1 atom stereocenters. The SMILES string of the molecule is [O-][I+3]([O-])([O-])OP. The van der Waals surface area contributed by atoms with E-state index in [4.69, 9.17) is 0 Å². The van der Waals surface area contributed by atoms with Crippen LogP contribution in [0.4, 0.5) is 0 Å². The molecule has 0 aromatic rings. The van der Waals surface area contributed by atoms with Crippen molar-refractivity contribution in [3.8, 4) is 0 Å². The van der Waals surface area contributed by atoms with E-state index >= 15 is 0 Å². The minimum absolute atomic E-state index is 1.37. The minimum Gasteiger partial charge on any atom is -0.255 e. The first kappa shape index (κ1) is 7.00. The summed E-state index contributed by atoms with van der Waals surface area (Å²) in [5.74, 6) is 0. The molecule has 6 heavy (non-hydrogen) atoms. The van der Waals surface area contributed by atoms with Gasteiger partial charge in [0, 0.05) is 2.85 Å². The number of hydrogen-bond acceptors (Lipinski definition) is 4. The summed E-state index contributed by atoms with van der Waals surface area (Å²) in [6, 6.07) is 0. The summed E-state index contributed by atoms with van der Waals surface area (Å²) in [5, 5.41) is 0. The lowest BCUT2D eigenvalue weighted by atomic mass is 15.9. The van der Waals surface area contributed by atoms with Gasteiger partial charge in [-0.15, -0.1) is 0 Å². The molecule has 0 aliphatic rings. The first-order chi connectivity index (χ1) is 2.56. The Bertz CT molecular complexity index is 37.3. The normalized spacial score (nSPS) is 12.0. The molecular weight excluding hydrogens is 222 g/mol. The van der Waals surface area contributed by atoms with Gasteiger partial charge < -0.3 is 0 Å². The zero-order chi connectivity index (χ0) is 5.21. The molecule has 0 amide bonds. The summed E-state index contributed by atoms with van der Waals surface area (Å²) in [5.41, 5.74) is 0. The zero-order valence-corrected chi connectivity index (χ0v) is 5.90. The first-order valence-electron chi connectivity index (χ1n) is 0.853. The van der Waals surface area contributed by atoms with E-state index in [-0.39, 0.29) is 0 Å². The molecular formula is H2IO4P. The van der Waals surface area contributed by atoms with Crippen molar-refractivity contribution in [3.63, 3.8) is 0 Å². The van der Waals surface area contributed by atoms with Gasteiger partial charge in [-0.3, -0.25) is 10.3 Å². The molecule has 38 valence electrons. The van der Waals surface area contributed by atoms with Crippen LogP contribution in [0.15, 0.2) is 0 Å². The first-order valence-corrected chi connectivity index (χ1v) is 4.85. The summed E-state index contributed by atoms with van der Waals surface area (Å²) in [6.07, 6.45) is 0. The lowest BCUT2D eigenvalue weighted by Gasteiger charge is -1.99. The van der Waals surface area contributed by atoms with E-state index in [1.807, 2.05) is 0 Å². The van der Waals surface area contributed by atoms with E-state index in [9.17, 15) is 10.3 Å². The van der Waals surface area contributed by atoms with Crippen LogP contribution < -0.4 is 30.4 Å². The Morgan fingerprint density at radius 2 is 1.50 bits per heavy atom. The van der Waals surface area contributed by atoms with Gasteiger partial charge in [0.1, 0.15) is 0 Å².